The number of fused-ring (bicyclic) bond motifs is 4. The van der Waals surface area contributed by atoms with E-state index < -0.39 is 11.9 Å². The molecule has 0 aromatic heterocycles. The van der Waals surface area contributed by atoms with Crippen LogP contribution in [0.2, 0.25) is 0 Å². The SMILES string of the molecule is [2H]C1[C@H]2CC[C@]3(C)[C@H]4CC[C@]5(C)[C@@H]([C@H](C)CCCC(C)C)CC[C@H]5[C@@H]4C[C@@H](O)C123.[Cl][Mo]([Cl])([Cl])[Cl]. The van der Waals surface area contributed by atoms with Crippen molar-refractivity contribution in [3.05, 3.63) is 0 Å². The van der Waals surface area contributed by atoms with E-state index in [1.54, 1.807) is 0 Å². The van der Waals surface area contributed by atoms with Crippen molar-refractivity contribution in [2.45, 2.75) is 111 Å². The van der Waals surface area contributed by atoms with E-state index in [1.165, 1.54) is 57.8 Å². The minimum atomic E-state index is -3.13. The number of hydrogen-bond acceptors (Lipinski definition) is 1. The van der Waals surface area contributed by atoms with Crippen molar-refractivity contribution in [3.63, 3.8) is 0 Å². The van der Waals surface area contributed by atoms with Gasteiger partial charge in [-0.05, 0) is 104 Å². The van der Waals surface area contributed by atoms with E-state index >= 15 is 0 Å². The molecule has 0 aromatic rings. The van der Waals surface area contributed by atoms with E-state index in [0.717, 1.165) is 41.9 Å². The molecule has 5 fully saturated rings. The van der Waals surface area contributed by atoms with Gasteiger partial charge >= 0.3 is 49.6 Å². The first kappa shape index (κ1) is 26.4. The third kappa shape index (κ3) is 4.99. The molecule has 5 rings (SSSR count). The molecule has 5 aliphatic rings. The molecule has 0 heterocycles. The molecule has 0 saturated heterocycles. The Morgan fingerprint density at radius 1 is 0.970 bits per heavy atom. The van der Waals surface area contributed by atoms with Crippen molar-refractivity contribution in [2.75, 3.05) is 0 Å². The van der Waals surface area contributed by atoms with Crippen molar-refractivity contribution >= 4 is 37.7 Å². The Kier molecular flexibility index (Phi) is 7.88. The zero-order chi connectivity index (χ0) is 25.3. The molecule has 194 valence electrons. The van der Waals surface area contributed by atoms with Crippen LogP contribution in [0.3, 0.4) is 0 Å². The monoisotopic (exact) mass is 625 g/mol. The molecule has 1 N–H and O–H groups in total. The summed E-state index contributed by atoms with van der Waals surface area (Å²) in [6.07, 6.45) is 13.1. The van der Waals surface area contributed by atoms with Gasteiger partial charge in [-0.25, -0.2) is 0 Å². The fourth-order valence-electron chi connectivity index (χ4n) is 10.0. The van der Waals surface area contributed by atoms with Gasteiger partial charge in [0.1, 0.15) is 0 Å². The zero-order valence-corrected chi connectivity index (χ0v) is 26.2. The van der Waals surface area contributed by atoms with Crippen molar-refractivity contribution < 1.29 is 18.4 Å². The molecule has 0 radical (unpaired) electrons. The van der Waals surface area contributed by atoms with E-state index in [-0.39, 0.29) is 23.3 Å². The zero-order valence-electron chi connectivity index (χ0n) is 22.1. The van der Waals surface area contributed by atoms with Crippen LogP contribution in [0.5, 0.6) is 0 Å². The Hall–Kier alpha value is 1.81. The summed E-state index contributed by atoms with van der Waals surface area (Å²) in [5, 5.41) is 11.4. The average Bonchev–Trinajstić information content (AvgIpc) is 2.98. The fraction of sp³-hybridized carbons (Fsp3) is 1.00. The molecule has 0 bridgehead atoms. The van der Waals surface area contributed by atoms with Crippen molar-refractivity contribution in [1.29, 1.82) is 0 Å². The van der Waals surface area contributed by atoms with E-state index in [2.05, 4.69) is 34.6 Å². The molecule has 6 heteroatoms. The number of halogens is 4. The summed E-state index contributed by atoms with van der Waals surface area (Å²) in [5.74, 6) is 5.41. The first-order valence-corrected chi connectivity index (χ1v) is 23.7. The summed E-state index contributed by atoms with van der Waals surface area (Å²) in [5.41, 5.74) is 0.722. The second-order valence-corrected chi connectivity index (χ2v) is 31.5. The molecule has 0 amide bonds. The topological polar surface area (TPSA) is 20.2 Å². The Labute approximate surface area is 223 Å². The molecule has 0 aromatic carbocycles. The van der Waals surface area contributed by atoms with Gasteiger partial charge in [-0.2, -0.15) is 0 Å². The summed E-state index contributed by atoms with van der Waals surface area (Å²) in [7, 11) is 20.1. The number of rotatable bonds is 5. The normalized spacial score (nSPS) is 52.0. The Morgan fingerprint density at radius 2 is 1.64 bits per heavy atom. The Bertz CT molecular complexity index is 743. The van der Waals surface area contributed by atoms with Gasteiger partial charge in [0.25, 0.3) is 0 Å². The molecular formula is C27H46Cl4MoO. The molecule has 33 heavy (non-hydrogen) atoms. The fourth-order valence-corrected chi connectivity index (χ4v) is 10.0. The number of hydrogen-bond donors (Lipinski definition) is 1. The van der Waals surface area contributed by atoms with Crippen molar-refractivity contribution in [3.8, 4) is 0 Å². The van der Waals surface area contributed by atoms with Crippen LogP contribution >= 0.6 is 37.7 Å². The van der Waals surface area contributed by atoms with E-state index in [9.17, 15) is 5.11 Å². The third-order valence-electron chi connectivity index (χ3n) is 11.4. The van der Waals surface area contributed by atoms with Gasteiger partial charge in [-0.15, -0.1) is 0 Å². The first-order chi connectivity index (χ1) is 15.7. The van der Waals surface area contributed by atoms with Crippen LogP contribution in [0.1, 0.15) is 107 Å². The molecule has 2 unspecified atom stereocenters. The molecule has 5 saturated carbocycles. The predicted octanol–water partition coefficient (Wildman–Crippen LogP) is 9.83. The van der Waals surface area contributed by atoms with Crippen LogP contribution in [0.15, 0.2) is 0 Å². The van der Waals surface area contributed by atoms with Gasteiger partial charge in [0.15, 0.2) is 0 Å². The van der Waals surface area contributed by atoms with Crippen LogP contribution in [-0.4, -0.2) is 11.2 Å². The van der Waals surface area contributed by atoms with Crippen molar-refractivity contribution in [1.82, 2.24) is 0 Å². The van der Waals surface area contributed by atoms with Crippen molar-refractivity contribution in [2.24, 2.45) is 57.7 Å². The predicted molar refractivity (Wildman–Crippen MR) is 140 cm³/mol. The summed E-state index contributed by atoms with van der Waals surface area (Å²) in [4.78, 5) is 0. The van der Waals surface area contributed by atoms with Crippen LogP contribution in [0.25, 0.3) is 0 Å². The van der Waals surface area contributed by atoms with E-state index in [0.29, 0.717) is 11.3 Å². The second kappa shape index (κ2) is 9.84. The van der Waals surface area contributed by atoms with Gasteiger partial charge < -0.3 is 5.11 Å². The van der Waals surface area contributed by atoms with Crippen LogP contribution in [0.4, 0.5) is 0 Å². The molecule has 1 nitrogen and oxygen atoms in total. The maximum atomic E-state index is 11.4. The van der Waals surface area contributed by atoms with Gasteiger partial charge in [0.05, 0.1) is 6.10 Å². The summed E-state index contributed by atoms with van der Waals surface area (Å²) < 4.78 is 8.69. The molecule has 0 aliphatic heterocycles. The summed E-state index contributed by atoms with van der Waals surface area (Å²) in [6, 6.07) is 0. The summed E-state index contributed by atoms with van der Waals surface area (Å²) in [6.45, 7) is 12.4. The van der Waals surface area contributed by atoms with Crippen LogP contribution in [0, 0.1) is 57.7 Å². The van der Waals surface area contributed by atoms with E-state index in [1.807, 2.05) is 0 Å². The van der Waals surface area contributed by atoms with Gasteiger partial charge in [0.2, 0.25) is 0 Å². The molecule has 1 spiro atoms. The van der Waals surface area contributed by atoms with Gasteiger partial charge in [0, 0.05) is 6.79 Å². The first-order valence-electron chi connectivity index (χ1n) is 14.0. The summed E-state index contributed by atoms with van der Waals surface area (Å²) >= 11 is -3.13. The van der Waals surface area contributed by atoms with Gasteiger partial charge in [-0.3, -0.25) is 0 Å². The van der Waals surface area contributed by atoms with E-state index in [4.69, 9.17) is 39.0 Å². The molecule has 5 aliphatic carbocycles. The third-order valence-corrected chi connectivity index (χ3v) is 11.4. The minimum absolute atomic E-state index is 0.0238. The Balaban J connectivity index is 0.000000499. The number of aliphatic hydroxyl groups is 1. The second-order valence-electron chi connectivity index (χ2n) is 13.2. The standard InChI is InChI=1S/C27H46O.4ClH.Mo/c1-17(2)7-6-8-18(3)21-9-10-22-20-15-24(28)27-16-19(27)11-14-26(27,5)23(20)12-13-25(21,22)4;;;;;/h17-24,28H,6-16H2,1-5H3;4*1H;/q;;;;;+4/p-4/t18-,19-,20+,21-,22+,23+,24-,25-,26-,27?;;;;;/m1...../s1/i16D;;;;;/t16?,18-,19-,20+,21-,22+,23+,24-,25-,26-,27?;;;;;. The maximum absolute atomic E-state index is 11.4. The van der Waals surface area contributed by atoms with Crippen LogP contribution < -0.4 is 0 Å². The van der Waals surface area contributed by atoms with Crippen LogP contribution in [-0.2, 0) is 11.9 Å². The quantitative estimate of drug-likeness (QED) is 0.302. The van der Waals surface area contributed by atoms with Gasteiger partial charge in [-0.1, -0.05) is 53.9 Å². The molecular weight excluding hydrogens is 578 g/mol. The number of aliphatic hydroxyl groups excluding tert-OH is 1. The Morgan fingerprint density at radius 3 is 2.24 bits per heavy atom. The average molecular weight is 625 g/mol. The molecule has 11 atom stereocenters.